The third kappa shape index (κ3) is 4.94. The molecular formula is C53H43N3. The van der Waals surface area contributed by atoms with E-state index in [0.717, 1.165) is 5.69 Å². The van der Waals surface area contributed by atoms with Gasteiger partial charge in [0.15, 0.2) is 0 Å². The Balaban J connectivity index is 1.13. The molecule has 10 aromatic rings. The number of para-hydroxylation sites is 4. The van der Waals surface area contributed by atoms with E-state index in [1.54, 1.807) is 0 Å². The van der Waals surface area contributed by atoms with E-state index in [1.807, 2.05) is 0 Å². The molecule has 0 bridgehead atoms. The van der Waals surface area contributed by atoms with Crippen LogP contribution in [0.3, 0.4) is 0 Å². The molecule has 0 amide bonds. The molecule has 56 heavy (non-hydrogen) atoms. The lowest BCUT2D eigenvalue weighted by atomic mass is 9.86. The van der Waals surface area contributed by atoms with E-state index in [4.69, 9.17) is 4.98 Å². The summed E-state index contributed by atoms with van der Waals surface area (Å²) in [5.74, 6) is 0. The summed E-state index contributed by atoms with van der Waals surface area (Å²) in [5, 5.41) is 5.09. The number of nitrogens with zero attached hydrogens (tertiary/aromatic N) is 3. The van der Waals surface area contributed by atoms with E-state index in [1.165, 1.54) is 116 Å². The largest absolute Gasteiger partial charge is 0.309 e. The fourth-order valence-electron chi connectivity index (χ4n) is 9.58. The van der Waals surface area contributed by atoms with Gasteiger partial charge in [0.05, 0.1) is 27.8 Å². The Labute approximate surface area is 328 Å². The zero-order valence-corrected chi connectivity index (χ0v) is 32.8. The average Bonchev–Trinajstić information content (AvgIpc) is 3.73. The standard InChI is InChI=1S/C53H43N3/c1-32-29-30-40(36(5)51(32)38-21-15-27-45(34(38)3)55-47-23-11-7-17-41(47)42-18-8-12-24-48(42)55)53-37(6)52(33(2)31-54-53)39-22-16-28-46(35(39)4)56-49-25-13-9-19-43(49)44-20-10-14-26-50(44)56/h7-31H,1-6H3. The highest BCUT2D eigenvalue weighted by atomic mass is 15.0. The molecule has 270 valence electrons. The summed E-state index contributed by atoms with van der Waals surface area (Å²) in [6, 6.07) is 53.1. The van der Waals surface area contributed by atoms with Gasteiger partial charge in [-0.25, -0.2) is 0 Å². The normalized spacial score (nSPS) is 11.8. The van der Waals surface area contributed by atoms with Gasteiger partial charge in [-0.15, -0.1) is 0 Å². The maximum atomic E-state index is 5.18. The van der Waals surface area contributed by atoms with Crippen LogP contribution in [0, 0.1) is 41.5 Å². The number of hydrogen-bond acceptors (Lipinski definition) is 1. The van der Waals surface area contributed by atoms with Crippen molar-refractivity contribution in [3.63, 3.8) is 0 Å². The van der Waals surface area contributed by atoms with Crippen molar-refractivity contribution in [3.05, 3.63) is 185 Å². The molecule has 3 heteroatoms. The molecule has 0 aliphatic heterocycles. The SMILES string of the molecule is Cc1ccc(-c2ncc(C)c(-c3cccc(-n4c5ccccc5c5ccccc54)c3C)c2C)c(C)c1-c1cccc(-n2c3ccccc3c3ccccc32)c1C. The Bertz CT molecular complexity index is 2880. The van der Waals surface area contributed by atoms with E-state index in [2.05, 4.69) is 202 Å². The summed E-state index contributed by atoms with van der Waals surface area (Å²) in [7, 11) is 0. The minimum absolute atomic E-state index is 1.03. The van der Waals surface area contributed by atoms with Gasteiger partial charge in [-0.05, 0) is 134 Å². The molecule has 0 saturated carbocycles. The maximum absolute atomic E-state index is 5.18. The molecule has 0 N–H and O–H groups in total. The molecule has 3 heterocycles. The molecule has 7 aromatic carbocycles. The number of rotatable bonds is 5. The molecule has 0 spiro atoms. The predicted molar refractivity (Wildman–Crippen MR) is 238 cm³/mol. The Morgan fingerprint density at radius 2 is 0.750 bits per heavy atom. The molecule has 0 fully saturated rings. The van der Waals surface area contributed by atoms with Crippen molar-refractivity contribution in [1.29, 1.82) is 0 Å². The summed E-state index contributed by atoms with van der Waals surface area (Å²) < 4.78 is 4.87. The van der Waals surface area contributed by atoms with Gasteiger partial charge in [0.2, 0.25) is 0 Å². The fourth-order valence-corrected chi connectivity index (χ4v) is 9.58. The number of fused-ring (bicyclic) bond motifs is 6. The van der Waals surface area contributed by atoms with Gasteiger partial charge in [0.1, 0.15) is 0 Å². The summed E-state index contributed by atoms with van der Waals surface area (Å²) in [6.45, 7) is 13.5. The summed E-state index contributed by atoms with van der Waals surface area (Å²) in [4.78, 5) is 5.18. The number of hydrogen-bond donors (Lipinski definition) is 0. The highest BCUT2D eigenvalue weighted by Gasteiger charge is 2.22. The van der Waals surface area contributed by atoms with Crippen LogP contribution >= 0.6 is 0 Å². The maximum Gasteiger partial charge on any atom is 0.0740 e. The van der Waals surface area contributed by atoms with Crippen LogP contribution in [0.1, 0.15) is 33.4 Å². The van der Waals surface area contributed by atoms with Crippen molar-refractivity contribution < 1.29 is 0 Å². The minimum Gasteiger partial charge on any atom is -0.309 e. The first-order chi connectivity index (χ1) is 27.3. The lowest BCUT2D eigenvalue weighted by Crippen LogP contribution is -2.03. The Hall–Kier alpha value is -6.71. The van der Waals surface area contributed by atoms with E-state index in [9.17, 15) is 0 Å². The van der Waals surface area contributed by atoms with Crippen LogP contribution in [0.25, 0.3) is 88.5 Å². The van der Waals surface area contributed by atoms with Gasteiger partial charge in [0.25, 0.3) is 0 Å². The third-order valence-corrected chi connectivity index (χ3v) is 12.2. The van der Waals surface area contributed by atoms with Crippen molar-refractivity contribution in [2.45, 2.75) is 41.5 Å². The minimum atomic E-state index is 1.03. The number of benzene rings is 7. The second-order valence-electron chi connectivity index (χ2n) is 15.4. The van der Waals surface area contributed by atoms with Crippen LogP contribution in [0.4, 0.5) is 0 Å². The van der Waals surface area contributed by atoms with Gasteiger partial charge in [-0.3, -0.25) is 4.98 Å². The quantitative estimate of drug-likeness (QED) is 0.173. The first kappa shape index (κ1) is 33.8. The fraction of sp³-hybridized carbons (Fsp3) is 0.113. The summed E-state index contributed by atoms with van der Waals surface area (Å²) in [5.41, 5.74) is 21.9. The molecule has 3 nitrogen and oxygen atoms in total. The zero-order valence-electron chi connectivity index (χ0n) is 32.8. The first-order valence-corrected chi connectivity index (χ1v) is 19.6. The van der Waals surface area contributed by atoms with Crippen molar-refractivity contribution in [2.75, 3.05) is 0 Å². The van der Waals surface area contributed by atoms with Crippen LogP contribution in [0.15, 0.2) is 152 Å². The Kier molecular flexibility index (Phi) is 7.83. The Morgan fingerprint density at radius 1 is 0.339 bits per heavy atom. The van der Waals surface area contributed by atoms with Crippen LogP contribution in [-0.4, -0.2) is 14.1 Å². The van der Waals surface area contributed by atoms with Gasteiger partial charge >= 0.3 is 0 Å². The monoisotopic (exact) mass is 721 g/mol. The molecule has 0 atom stereocenters. The molecule has 0 saturated heterocycles. The van der Waals surface area contributed by atoms with Crippen LogP contribution in [0.5, 0.6) is 0 Å². The molecule has 3 aromatic heterocycles. The highest BCUT2D eigenvalue weighted by molar-refractivity contribution is 6.10. The molecule has 0 unspecified atom stereocenters. The van der Waals surface area contributed by atoms with Crippen molar-refractivity contribution in [3.8, 4) is 44.9 Å². The second-order valence-corrected chi connectivity index (χ2v) is 15.4. The summed E-state index contributed by atoms with van der Waals surface area (Å²) in [6.07, 6.45) is 2.07. The van der Waals surface area contributed by atoms with Crippen molar-refractivity contribution in [1.82, 2.24) is 14.1 Å². The number of aryl methyl sites for hydroxylation is 2. The summed E-state index contributed by atoms with van der Waals surface area (Å²) >= 11 is 0. The van der Waals surface area contributed by atoms with Gasteiger partial charge < -0.3 is 9.13 Å². The number of pyridine rings is 1. The zero-order chi connectivity index (χ0) is 38.2. The molecule has 0 radical (unpaired) electrons. The Morgan fingerprint density at radius 3 is 1.20 bits per heavy atom. The van der Waals surface area contributed by atoms with Crippen molar-refractivity contribution in [2.24, 2.45) is 0 Å². The molecule has 0 aliphatic rings. The van der Waals surface area contributed by atoms with Gasteiger partial charge in [-0.1, -0.05) is 109 Å². The molecule has 0 aliphatic carbocycles. The first-order valence-electron chi connectivity index (χ1n) is 19.6. The van der Waals surface area contributed by atoms with Gasteiger partial charge in [0, 0.05) is 44.7 Å². The second kappa shape index (κ2) is 13.0. The van der Waals surface area contributed by atoms with Crippen LogP contribution in [0.2, 0.25) is 0 Å². The van der Waals surface area contributed by atoms with Crippen LogP contribution < -0.4 is 0 Å². The van der Waals surface area contributed by atoms with E-state index in [0.29, 0.717) is 0 Å². The lowest BCUT2D eigenvalue weighted by molar-refractivity contribution is 1.14. The lowest BCUT2D eigenvalue weighted by Gasteiger charge is -2.22. The van der Waals surface area contributed by atoms with Gasteiger partial charge in [-0.2, -0.15) is 0 Å². The third-order valence-electron chi connectivity index (χ3n) is 12.2. The molecule has 10 rings (SSSR count). The predicted octanol–water partition coefficient (Wildman–Crippen LogP) is 14.1. The van der Waals surface area contributed by atoms with E-state index in [-0.39, 0.29) is 0 Å². The topological polar surface area (TPSA) is 22.8 Å². The van der Waals surface area contributed by atoms with Crippen molar-refractivity contribution >= 4 is 43.6 Å². The van der Waals surface area contributed by atoms with E-state index >= 15 is 0 Å². The van der Waals surface area contributed by atoms with Crippen LogP contribution in [-0.2, 0) is 0 Å². The van der Waals surface area contributed by atoms with E-state index < -0.39 is 0 Å². The average molecular weight is 722 g/mol. The smallest absolute Gasteiger partial charge is 0.0740 e. The highest BCUT2D eigenvalue weighted by Crippen LogP contribution is 2.43. The number of aromatic nitrogens is 3. The molecular weight excluding hydrogens is 679 g/mol.